The van der Waals surface area contributed by atoms with Crippen molar-refractivity contribution in [2.75, 3.05) is 0 Å². The lowest BCUT2D eigenvalue weighted by Gasteiger charge is -2.31. The highest BCUT2D eigenvalue weighted by Crippen LogP contribution is 2.34. The Morgan fingerprint density at radius 2 is 1.21 bits per heavy atom. The smallest absolute Gasteiger partial charge is 0.307 e. The van der Waals surface area contributed by atoms with Gasteiger partial charge in [0.25, 0.3) is 0 Å². The van der Waals surface area contributed by atoms with E-state index in [0.29, 0.717) is 0 Å². The minimum Gasteiger partial charge on any atom is -0.481 e. The van der Waals surface area contributed by atoms with Crippen LogP contribution in [0, 0.1) is 23.7 Å². The Hall–Kier alpha value is -1.32. The highest BCUT2D eigenvalue weighted by atomic mass is 16.4. The molecule has 0 aromatic carbocycles. The summed E-state index contributed by atoms with van der Waals surface area (Å²) < 4.78 is 0. The molecule has 4 atom stereocenters. The van der Waals surface area contributed by atoms with Crippen molar-refractivity contribution in [1.29, 1.82) is 0 Å². The molecule has 0 aromatic heterocycles. The first-order chi connectivity index (χ1) is 6.45. The fourth-order valence-corrected chi connectivity index (χ4v) is 2.00. The second-order valence-electron chi connectivity index (χ2n) is 3.83. The summed E-state index contributed by atoms with van der Waals surface area (Å²) in [5, 5.41) is 17.9. The molecule has 0 unspecified atom stereocenters. The van der Waals surface area contributed by atoms with Crippen molar-refractivity contribution in [3.05, 3.63) is 12.2 Å². The lowest BCUT2D eigenvalue weighted by molar-refractivity contribution is -0.157. The summed E-state index contributed by atoms with van der Waals surface area (Å²) >= 11 is 0. The third-order valence-corrected chi connectivity index (χ3v) is 2.81. The number of hydrogen-bond acceptors (Lipinski definition) is 2. The van der Waals surface area contributed by atoms with Crippen LogP contribution in [-0.4, -0.2) is 22.2 Å². The van der Waals surface area contributed by atoms with Crippen LogP contribution in [0.2, 0.25) is 0 Å². The van der Waals surface area contributed by atoms with E-state index in [4.69, 9.17) is 10.2 Å². The van der Waals surface area contributed by atoms with Crippen molar-refractivity contribution >= 4 is 11.9 Å². The Kier molecular flexibility index (Phi) is 2.93. The van der Waals surface area contributed by atoms with E-state index in [2.05, 4.69) is 0 Å². The van der Waals surface area contributed by atoms with Crippen LogP contribution in [0.5, 0.6) is 0 Å². The summed E-state index contributed by atoms with van der Waals surface area (Å²) in [6.45, 7) is 3.47. The van der Waals surface area contributed by atoms with Crippen molar-refractivity contribution < 1.29 is 19.8 Å². The average Bonchev–Trinajstić information content (AvgIpc) is 2.07. The summed E-state index contributed by atoms with van der Waals surface area (Å²) in [5.41, 5.74) is 0. The third-order valence-electron chi connectivity index (χ3n) is 2.81. The predicted octanol–water partition coefficient (Wildman–Crippen LogP) is 1.23. The molecular weight excluding hydrogens is 184 g/mol. The van der Waals surface area contributed by atoms with Gasteiger partial charge in [-0.05, 0) is 11.8 Å². The summed E-state index contributed by atoms with van der Waals surface area (Å²) in [6.07, 6.45) is 3.56. The van der Waals surface area contributed by atoms with Crippen molar-refractivity contribution in [2.45, 2.75) is 13.8 Å². The molecule has 1 rings (SSSR count). The second-order valence-corrected chi connectivity index (χ2v) is 3.83. The van der Waals surface area contributed by atoms with Gasteiger partial charge in [-0.25, -0.2) is 0 Å². The zero-order chi connectivity index (χ0) is 10.9. The Morgan fingerprint density at radius 1 is 0.929 bits per heavy atom. The molecule has 0 amide bonds. The highest BCUT2D eigenvalue weighted by Gasteiger charge is 2.41. The van der Waals surface area contributed by atoms with Gasteiger partial charge in [0.2, 0.25) is 0 Å². The quantitative estimate of drug-likeness (QED) is 0.654. The maximum absolute atomic E-state index is 10.9. The number of carboxylic acid groups (broad SMARTS) is 2. The number of carboxylic acids is 2. The number of carbonyl (C=O) groups is 2. The molecule has 0 bridgehead atoms. The maximum Gasteiger partial charge on any atom is 0.307 e. The lowest BCUT2D eigenvalue weighted by atomic mass is 9.72. The van der Waals surface area contributed by atoms with E-state index >= 15 is 0 Å². The van der Waals surface area contributed by atoms with Crippen LogP contribution in [0.4, 0.5) is 0 Å². The van der Waals surface area contributed by atoms with Crippen LogP contribution < -0.4 is 0 Å². The van der Waals surface area contributed by atoms with Crippen molar-refractivity contribution in [1.82, 2.24) is 0 Å². The summed E-state index contributed by atoms with van der Waals surface area (Å²) in [4.78, 5) is 21.9. The molecule has 4 heteroatoms. The summed E-state index contributed by atoms with van der Waals surface area (Å²) in [5.74, 6) is -4.11. The highest BCUT2D eigenvalue weighted by molar-refractivity contribution is 5.81. The third kappa shape index (κ3) is 1.78. The van der Waals surface area contributed by atoms with Crippen LogP contribution in [0.1, 0.15) is 13.8 Å². The molecule has 0 radical (unpaired) electrons. The minimum absolute atomic E-state index is 0.218. The molecule has 0 spiro atoms. The SMILES string of the molecule is C[C@@H]1C=C[C@@H](C)[C@H](C(=O)O)[C@H]1C(=O)O. The molecule has 1 aliphatic rings. The van der Waals surface area contributed by atoms with Gasteiger partial charge in [0, 0.05) is 0 Å². The van der Waals surface area contributed by atoms with E-state index < -0.39 is 23.8 Å². The molecule has 0 heterocycles. The number of allylic oxidation sites excluding steroid dienone is 2. The van der Waals surface area contributed by atoms with E-state index in [-0.39, 0.29) is 11.8 Å². The fourth-order valence-electron chi connectivity index (χ4n) is 2.00. The first-order valence-corrected chi connectivity index (χ1v) is 4.59. The average molecular weight is 198 g/mol. The first kappa shape index (κ1) is 10.8. The summed E-state index contributed by atoms with van der Waals surface area (Å²) in [7, 11) is 0. The van der Waals surface area contributed by atoms with Gasteiger partial charge >= 0.3 is 11.9 Å². The zero-order valence-electron chi connectivity index (χ0n) is 8.18. The van der Waals surface area contributed by atoms with Gasteiger partial charge in [-0.2, -0.15) is 0 Å². The monoisotopic (exact) mass is 198 g/mol. The predicted molar refractivity (Wildman–Crippen MR) is 49.7 cm³/mol. The topological polar surface area (TPSA) is 74.6 Å². The Morgan fingerprint density at radius 3 is 1.43 bits per heavy atom. The summed E-state index contributed by atoms with van der Waals surface area (Å²) in [6, 6.07) is 0. The van der Waals surface area contributed by atoms with E-state index in [9.17, 15) is 9.59 Å². The second kappa shape index (κ2) is 3.82. The van der Waals surface area contributed by atoms with Crippen molar-refractivity contribution in [2.24, 2.45) is 23.7 Å². The van der Waals surface area contributed by atoms with Gasteiger partial charge in [-0.3, -0.25) is 9.59 Å². The molecule has 2 N–H and O–H groups in total. The minimum atomic E-state index is -1.03. The van der Waals surface area contributed by atoms with Gasteiger partial charge in [0.05, 0.1) is 11.8 Å². The van der Waals surface area contributed by atoms with Crippen LogP contribution in [0.25, 0.3) is 0 Å². The fraction of sp³-hybridized carbons (Fsp3) is 0.600. The molecule has 0 fully saturated rings. The molecule has 0 saturated carbocycles. The molecule has 14 heavy (non-hydrogen) atoms. The standard InChI is InChI=1S/C10H14O4/c1-5-3-4-6(2)8(10(13)14)7(5)9(11)12/h3-8H,1-2H3,(H,11,12)(H,13,14)/t5-,6-,7+,8+/m1/s1. The van der Waals surface area contributed by atoms with Crippen molar-refractivity contribution in [3.8, 4) is 0 Å². The molecule has 0 aliphatic heterocycles. The van der Waals surface area contributed by atoms with E-state index in [0.717, 1.165) is 0 Å². The molecule has 4 nitrogen and oxygen atoms in total. The van der Waals surface area contributed by atoms with E-state index in [1.165, 1.54) is 0 Å². The first-order valence-electron chi connectivity index (χ1n) is 4.59. The van der Waals surface area contributed by atoms with Crippen LogP contribution in [0.15, 0.2) is 12.2 Å². The number of hydrogen-bond donors (Lipinski definition) is 2. The van der Waals surface area contributed by atoms with Gasteiger partial charge in [0.15, 0.2) is 0 Å². The van der Waals surface area contributed by atoms with Crippen LogP contribution >= 0.6 is 0 Å². The van der Waals surface area contributed by atoms with Crippen LogP contribution in [-0.2, 0) is 9.59 Å². The molecule has 0 aromatic rings. The molecule has 0 saturated heterocycles. The molecular formula is C10H14O4. The number of rotatable bonds is 2. The maximum atomic E-state index is 10.9. The van der Waals surface area contributed by atoms with Gasteiger partial charge in [0.1, 0.15) is 0 Å². The Labute approximate surface area is 82.2 Å². The van der Waals surface area contributed by atoms with Crippen molar-refractivity contribution in [3.63, 3.8) is 0 Å². The van der Waals surface area contributed by atoms with Crippen LogP contribution in [0.3, 0.4) is 0 Å². The zero-order valence-corrected chi connectivity index (χ0v) is 8.18. The normalized spacial score (nSPS) is 36.7. The number of aliphatic carboxylic acids is 2. The Bertz CT molecular complexity index is 254. The lowest BCUT2D eigenvalue weighted by Crippen LogP contribution is -2.39. The van der Waals surface area contributed by atoms with E-state index in [1.54, 1.807) is 26.0 Å². The van der Waals surface area contributed by atoms with Gasteiger partial charge in [-0.15, -0.1) is 0 Å². The molecule has 1 aliphatic carbocycles. The van der Waals surface area contributed by atoms with E-state index in [1.807, 2.05) is 0 Å². The van der Waals surface area contributed by atoms with Gasteiger partial charge < -0.3 is 10.2 Å². The van der Waals surface area contributed by atoms with Gasteiger partial charge in [-0.1, -0.05) is 26.0 Å². The Balaban J connectivity index is 3.02. The molecule has 78 valence electrons. The largest absolute Gasteiger partial charge is 0.481 e.